The van der Waals surface area contributed by atoms with E-state index in [1.807, 2.05) is 0 Å². The SMILES string of the molecule is OCCN1CCCC(N(Cc2ccccc2)C2CC2)C1. The van der Waals surface area contributed by atoms with Gasteiger partial charge in [0.05, 0.1) is 6.61 Å². The minimum absolute atomic E-state index is 0.287. The fourth-order valence-corrected chi connectivity index (χ4v) is 3.40. The second-order valence-corrected chi connectivity index (χ2v) is 6.21. The van der Waals surface area contributed by atoms with E-state index in [0.29, 0.717) is 6.04 Å². The van der Waals surface area contributed by atoms with Gasteiger partial charge in [-0.2, -0.15) is 0 Å². The number of nitrogens with zero attached hydrogens (tertiary/aromatic N) is 2. The molecule has 20 heavy (non-hydrogen) atoms. The molecule has 1 saturated carbocycles. The summed E-state index contributed by atoms with van der Waals surface area (Å²) in [6, 6.07) is 12.3. The van der Waals surface area contributed by atoms with Crippen LogP contribution in [0.2, 0.25) is 0 Å². The fraction of sp³-hybridized carbons (Fsp3) is 0.647. The molecular weight excluding hydrogens is 248 g/mol. The molecule has 1 aromatic rings. The number of likely N-dealkylation sites (tertiary alicyclic amines) is 1. The summed E-state index contributed by atoms with van der Waals surface area (Å²) in [6.07, 6.45) is 5.31. The lowest BCUT2D eigenvalue weighted by Crippen LogP contribution is -2.49. The number of hydrogen-bond donors (Lipinski definition) is 1. The highest BCUT2D eigenvalue weighted by atomic mass is 16.3. The number of piperidine rings is 1. The van der Waals surface area contributed by atoms with Crippen LogP contribution < -0.4 is 0 Å². The Balaban J connectivity index is 1.64. The molecule has 0 spiro atoms. The molecule has 0 aromatic heterocycles. The van der Waals surface area contributed by atoms with Gasteiger partial charge in [0, 0.05) is 31.7 Å². The van der Waals surface area contributed by atoms with Crippen LogP contribution in [-0.2, 0) is 6.54 Å². The van der Waals surface area contributed by atoms with Crippen LogP contribution in [-0.4, -0.2) is 53.2 Å². The highest BCUT2D eigenvalue weighted by molar-refractivity contribution is 5.15. The lowest BCUT2D eigenvalue weighted by Gasteiger charge is -2.39. The van der Waals surface area contributed by atoms with Crippen molar-refractivity contribution >= 4 is 0 Å². The van der Waals surface area contributed by atoms with E-state index in [1.54, 1.807) is 0 Å². The molecule has 1 N–H and O–H groups in total. The van der Waals surface area contributed by atoms with Crippen LogP contribution in [0.15, 0.2) is 30.3 Å². The lowest BCUT2D eigenvalue weighted by molar-refractivity contribution is 0.0752. The second-order valence-electron chi connectivity index (χ2n) is 6.21. The Morgan fingerprint density at radius 2 is 1.90 bits per heavy atom. The maximum Gasteiger partial charge on any atom is 0.0558 e. The normalized spacial score (nSPS) is 24.2. The van der Waals surface area contributed by atoms with Crippen LogP contribution in [0, 0.1) is 0 Å². The Bertz CT molecular complexity index is 403. The summed E-state index contributed by atoms with van der Waals surface area (Å²) in [5.74, 6) is 0. The van der Waals surface area contributed by atoms with E-state index < -0.39 is 0 Å². The summed E-state index contributed by atoms with van der Waals surface area (Å²) in [5, 5.41) is 9.14. The molecule has 3 nitrogen and oxygen atoms in total. The first kappa shape index (κ1) is 14.1. The van der Waals surface area contributed by atoms with Gasteiger partial charge in [-0.15, -0.1) is 0 Å². The van der Waals surface area contributed by atoms with Crippen LogP contribution in [0.25, 0.3) is 0 Å². The quantitative estimate of drug-likeness (QED) is 0.860. The standard InChI is InChI=1S/C17H26N2O/c20-12-11-18-10-4-7-17(14-18)19(16-8-9-16)13-15-5-2-1-3-6-15/h1-3,5-6,16-17,20H,4,7-14H2. The molecule has 2 fully saturated rings. The molecule has 1 heterocycles. The smallest absolute Gasteiger partial charge is 0.0558 e. The molecule has 3 rings (SSSR count). The minimum Gasteiger partial charge on any atom is -0.395 e. The Hall–Kier alpha value is -0.900. The second kappa shape index (κ2) is 6.70. The number of β-amino-alcohol motifs (C(OH)–C–C–N with tert-alkyl or cyclic N) is 1. The molecule has 1 unspecified atom stereocenters. The molecular formula is C17H26N2O. The molecule has 1 aromatic carbocycles. The Kier molecular flexibility index (Phi) is 4.71. The van der Waals surface area contributed by atoms with E-state index >= 15 is 0 Å². The van der Waals surface area contributed by atoms with Crippen molar-refractivity contribution in [3.8, 4) is 0 Å². The van der Waals surface area contributed by atoms with Crippen molar-refractivity contribution in [2.24, 2.45) is 0 Å². The van der Waals surface area contributed by atoms with Crippen molar-refractivity contribution in [3.05, 3.63) is 35.9 Å². The topological polar surface area (TPSA) is 26.7 Å². The first-order valence-electron chi connectivity index (χ1n) is 7.99. The van der Waals surface area contributed by atoms with E-state index in [0.717, 1.165) is 32.2 Å². The zero-order valence-electron chi connectivity index (χ0n) is 12.2. The van der Waals surface area contributed by atoms with Gasteiger partial charge in [0.25, 0.3) is 0 Å². The van der Waals surface area contributed by atoms with Crippen molar-refractivity contribution in [3.63, 3.8) is 0 Å². The van der Waals surface area contributed by atoms with Gasteiger partial charge in [0.1, 0.15) is 0 Å². The van der Waals surface area contributed by atoms with Crippen LogP contribution in [0.1, 0.15) is 31.2 Å². The fourth-order valence-electron chi connectivity index (χ4n) is 3.40. The highest BCUT2D eigenvalue weighted by Crippen LogP contribution is 2.32. The zero-order chi connectivity index (χ0) is 13.8. The number of rotatable bonds is 6. The Morgan fingerprint density at radius 3 is 2.60 bits per heavy atom. The van der Waals surface area contributed by atoms with Crippen LogP contribution in [0.5, 0.6) is 0 Å². The molecule has 1 atom stereocenters. The van der Waals surface area contributed by atoms with Crippen LogP contribution in [0.4, 0.5) is 0 Å². The predicted molar refractivity (Wildman–Crippen MR) is 81.6 cm³/mol. The number of aliphatic hydroxyl groups is 1. The molecule has 110 valence electrons. The monoisotopic (exact) mass is 274 g/mol. The number of hydrogen-bond acceptors (Lipinski definition) is 3. The molecule has 0 amide bonds. The summed E-state index contributed by atoms with van der Waals surface area (Å²) in [6.45, 7) is 4.49. The van der Waals surface area contributed by atoms with Gasteiger partial charge in [-0.25, -0.2) is 0 Å². The predicted octanol–water partition coefficient (Wildman–Crippen LogP) is 2.11. The summed E-state index contributed by atoms with van der Waals surface area (Å²) >= 11 is 0. The minimum atomic E-state index is 0.287. The van der Waals surface area contributed by atoms with Crippen LogP contribution in [0.3, 0.4) is 0 Å². The van der Waals surface area contributed by atoms with Crippen molar-refractivity contribution in [1.82, 2.24) is 9.80 Å². The van der Waals surface area contributed by atoms with Gasteiger partial charge in [-0.05, 0) is 37.8 Å². The summed E-state index contributed by atoms with van der Waals surface area (Å²) in [5.41, 5.74) is 1.43. The molecule has 1 saturated heterocycles. The summed E-state index contributed by atoms with van der Waals surface area (Å²) < 4.78 is 0. The Morgan fingerprint density at radius 1 is 1.10 bits per heavy atom. The van der Waals surface area contributed by atoms with E-state index in [1.165, 1.54) is 31.2 Å². The Labute approximate surface area is 122 Å². The maximum atomic E-state index is 9.14. The van der Waals surface area contributed by atoms with E-state index in [2.05, 4.69) is 40.1 Å². The third-order valence-electron chi connectivity index (χ3n) is 4.59. The lowest BCUT2D eigenvalue weighted by atomic mass is 10.0. The van der Waals surface area contributed by atoms with E-state index in [4.69, 9.17) is 5.11 Å². The van der Waals surface area contributed by atoms with Crippen molar-refractivity contribution in [2.75, 3.05) is 26.2 Å². The third kappa shape index (κ3) is 3.60. The molecule has 1 aliphatic heterocycles. The number of benzene rings is 1. The van der Waals surface area contributed by atoms with Gasteiger partial charge >= 0.3 is 0 Å². The zero-order valence-corrected chi connectivity index (χ0v) is 12.2. The first-order chi connectivity index (χ1) is 9.86. The largest absolute Gasteiger partial charge is 0.395 e. The van der Waals surface area contributed by atoms with Crippen LogP contribution >= 0.6 is 0 Å². The van der Waals surface area contributed by atoms with Gasteiger partial charge in [0.15, 0.2) is 0 Å². The molecule has 0 bridgehead atoms. The van der Waals surface area contributed by atoms with E-state index in [9.17, 15) is 0 Å². The maximum absolute atomic E-state index is 9.14. The molecule has 2 aliphatic rings. The third-order valence-corrected chi connectivity index (χ3v) is 4.59. The van der Waals surface area contributed by atoms with Gasteiger partial charge in [0.2, 0.25) is 0 Å². The molecule has 0 radical (unpaired) electrons. The summed E-state index contributed by atoms with van der Waals surface area (Å²) in [4.78, 5) is 5.15. The van der Waals surface area contributed by atoms with Gasteiger partial charge in [-0.1, -0.05) is 30.3 Å². The number of aliphatic hydroxyl groups excluding tert-OH is 1. The summed E-state index contributed by atoms with van der Waals surface area (Å²) in [7, 11) is 0. The molecule has 3 heteroatoms. The highest BCUT2D eigenvalue weighted by Gasteiger charge is 2.35. The van der Waals surface area contributed by atoms with E-state index in [-0.39, 0.29) is 6.61 Å². The van der Waals surface area contributed by atoms with Crippen molar-refractivity contribution < 1.29 is 5.11 Å². The van der Waals surface area contributed by atoms with Crippen molar-refractivity contribution in [1.29, 1.82) is 0 Å². The molecule has 1 aliphatic carbocycles. The van der Waals surface area contributed by atoms with Gasteiger partial charge < -0.3 is 5.11 Å². The van der Waals surface area contributed by atoms with Crippen molar-refractivity contribution in [2.45, 2.75) is 44.3 Å². The average Bonchev–Trinajstić information content (AvgIpc) is 3.31. The average molecular weight is 274 g/mol. The first-order valence-corrected chi connectivity index (χ1v) is 7.99. The van der Waals surface area contributed by atoms with Gasteiger partial charge in [-0.3, -0.25) is 9.80 Å².